The van der Waals surface area contributed by atoms with Gasteiger partial charge in [0, 0.05) is 36.4 Å². The van der Waals surface area contributed by atoms with Crippen molar-refractivity contribution in [3.63, 3.8) is 0 Å². The van der Waals surface area contributed by atoms with Crippen LogP contribution in [0, 0.1) is 10.1 Å². The van der Waals surface area contributed by atoms with Crippen molar-refractivity contribution in [3.05, 3.63) is 63.7 Å². The molecule has 2 N–H and O–H groups in total. The van der Waals surface area contributed by atoms with Crippen LogP contribution in [0.4, 0.5) is 11.4 Å². The van der Waals surface area contributed by atoms with Gasteiger partial charge in [0.2, 0.25) is 5.91 Å². The van der Waals surface area contributed by atoms with Crippen molar-refractivity contribution in [2.75, 3.05) is 5.32 Å². The maximum Gasteiger partial charge on any atom is 0.336 e. The third-order valence-corrected chi connectivity index (χ3v) is 3.08. The molecule has 2 aromatic carbocycles. The van der Waals surface area contributed by atoms with Crippen LogP contribution in [0.15, 0.2) is 42.5 Å². The molecule has 0 bridgehead atoms. The van der Waals surface area contributed by atoms with Crippen molar-refractivity contribution in [2.45, 2.75) is 13.5 Å². The van der Waals surface area contributed by atoms with Crippen LogP contribution < -0.4 is 10.1 Å². The van der Waals surface area contributed by atoms with E-state index in [4.69, 9.17) is 9.84 Å². The van der Waals surface area contributed by atoms with Gasteiger partial charge in [-0.2, -0.15) is 0 Å². The molecule has 24 heavy (non-hydrogen) atoms. The third-order valence-electron chi connectivity index (χ3n) is 3.08. The molecule has 0 aliphatic rings. The molecule has 8 heteroatoms. The van der Waals surface area contributed by atoms with E-state index in [0.29, 0.717) is 11.4 Å². The summed E-state index contributed by atoms with van der Waals surface area (Å²) in [7, 11) is 0. The first-order chi connectivity index (χ1) is 11.4. The van der Waals surface area contributed by atoms with Crippen LogP contribution in [-0.2, 0) is 11.4 Å². The number of carboxylic acids is 1. The van der Waals surface area contributed by atoms with Gasteiger partial charge in [-0.1, -0.05) is 6.07 Å². The highest BCUT2D eigenvalue weighted by Gasteiger charge is 2.16. The normalized spacial score (nSPS) is 10.0. The second-order valence-corrected chi connectivity index (χ2v) is 4.90. The number of nitrogens with zero attached hydrogens (tertiary/aromatic N) is 1. The molecule has 0 heterocycles. The van der Waals surface area contributed by atoms with Crippen LogP contribution in [0.3, 0.4) is 0 Å². The summed E-state index contributed by atoms with van der Waals surface area (Å²) in [5.74, 6) is -1.04. The lowest BCUT2D eigenvalue weighted by Gasteiger charge is -2.10. The number of hydrogen-bond acceptors (Lipinski definition) is 5. The van der Waals surface area contributed by atoms with Crippen molar-refractivity contribution < 1.29 is 24.4 Å². The molecule has 0 aliphatic carbocycles. The Balaban J connectivity index is 2.21. The minimum absolute atomic E-state index is 0.0707. The first kappa shape index (κ1) is 16.9. The summed E-state index contributed by atoms with van der Waals surface area (Å²) in [6, 6.07) is 10.00. The van der Waals surface area contributed by atoms with Crippen LogP contribution in [0.5, 0.6) is 5.75 Å². The summed E-state index contributed by atoms with van der Waals surface area (Å²) in [6.07, 6.45) is 0. The Hall–Kier alpha value is -3.42. The Labute approximate surface area is 136 Å². The van der Waals surface area contributed by atoms with Gasteiger partial charge < -0.3 is 15.2 Å². The van der Waals surface area contributed by atoms with E-state index in [9.17, 15) is 19.7 Å². The van der Waals surface area contributed by atoms with Gasteiger partial charge in [-0.05, 0) is 18.2 Å². The Morgan fingerprint density at radius 3 is 2.62 bits per heavy atom. The van der Waals surface area contributed by atoms with Crippen molar-refractivity contribution in [1.29, 1.82) is 0 Å². The van der Waals surface area contributed by atoms with Gasteiger partial charge in [0.1, 0.15) is 12.4 Å². The molecule has 2 aromatic rings. The van der Waals surface area contributed by atoms with Crippen molar-refractivity contribution in [3.8, 4) is 5.75 Å². The van der Waals surface area contributed by atoms with E-state index in [1.165, 1.54) is 19.1 Å². The van der Waals surface area contributed by atoms with E-state index in [2.05, 4.69) is 5.32 Å². The molecule has 8 nitrogen and oxygen atoms in total. The van der Waals surface area contributed by atoms with Crippen LogP contribution in [0.2, 0.25) is 0 Å². The minimum Gasteiger partial charge on any atom is -0.489 e. The number of anilines is 1. The summed E-state index contributed by atoms with van der Waals surface area (Å²) in [5.41, 5.74) is 0.420. The number of non-ortho nitro benzene ring substituents is 1. The lowest BCUT2D eigenvalue weighted by Crippen LogP contribution is -2.07. The minimum atomic E-state index is -1.20. The monoisotopic (exact) mass is 330 g/mol. The Morgan fingerprint density at radius 2 is 2.00 bits per heavy atom. The molecule has 0 saturated carbocycles. The van der Waals surface area contributed by atoms with E-state index in [0.717, 1.165) is 6.07 Å². The standard InChI is InChI=1S/C16H14N2O6/c1-10(19)17-12-3-2-4-14(8-12)24-9-11-7-13(18(22)23)5-6-15(11)16(20)21/h2-8H,9H2,1H3,(H,17,19)(H,20,21). The molecule has 0 aromatic heterocycles. The SMILES string of the molecule is CC(=O)Nc1cccc(OCc2cc([N+](=O)[O-])ccc2C(=O)O)c1. The number of aromatic carboxylic acids is 1. The number of nitro benzene ring substituents is 1. The van der Waals surface area contributed by atoms with E-state index in [-0.39, 0.29) is 29.3 Å². The molecule has 0 saturated heterocycles. The highest BCUT2D eigenvalue weighted by atomic mass is 16.6. The summed E-state index contributed by atoms with van der Waals surface area (Å²) in [4.78, 5) is 32.5. The molecule has 2 rings (SSSR count). The third kappa shape index (κ3) is 4.29. The lowest BCUT2D eigenvalue weighted by molar-refractivity contribution is -0.384. The first-order valence-corrected chi connectivity index (χ1v) is 6.88. The number of nitro groups is 1. The quantitative estimate of drug-likeness (QED) is 0.621. The van der Waals surface area contributed by atoms with Gasteiger partial charge in [-0.3, -0.25) is 14.9 Å². The van der Waals surface area contributed by atoms with Crippen LogP contribution in [-0.4, -0.2) is 21.9 Å². The van der Waals surface area contributed by atoms with E-state index in [1.54, 1.807) is 24.3 Å². The molecular weight excluding hydrogens is 316 g/mol. The molecular formula is C16H14N2O6. The zero-order valence-corrected chi connectivity index (χ0v) is 12.7. The number of nitrogens with one attached hydrogen (secondary N) is 1. The first-order valence-electron chi connectivity index (χ1n) is 6.88. The molecule has 124 valence electrons. The number of carboxylic acid groups (broad SMARTS) is 1. The number of hydrogen-bond donors (Lipinski definition) is 2. The van der Waals surface area contributed by atoms with Gasteiger partial charge >= 0.3 is 5.97 Å². The molecule has 0 atom stereocenters. The van der Waals surface area contributed by atoms with E-state index < -0.39 is 10.9 Å². The van der Waals surface area contributed by atoms with Crippen LogP contribution >= 0.6 is 0 Å². The predicted octanol–water partition coefficient (Wildman–Crippen LogP) is 2.83. The Bertz CT molecular complexity index is 803. The fourth-order valence-electron chi connectivity index (χ4n) is 2.05. The zero-order chi connectivity index (χ0) is 17.7. The maximum atomic E-state index is 11.2. The van der Waals surface area contributed by atoms with Gasteiger partial charge in [0.25, 0.3) is 5.69 Å². The number of carbonyl (C=O) groups excluding carboxylic acids is 1. The van der Waals surface area contributed by atoms with Crippen LogP contribution in [0.1, 0.15) is 22.8 Å². The average Bonchev–Trinajstić information content (AvgIpc) is 2.52. The van der Waals surface area contributed by atoms with Crippen molar-refractivity contribution in [2.24, 2.45) is 0 Å². The number of benzene rings is 2. The lowest BCUT2D eigenvalue weighted by atomic mass is 10.1. The van der Waals surface area contributed by atoms with Gasteiger partial charge in [0.15, 0.2) is 0 Å². The summed E-state index contributed by atoms with van der Waals surface area (Å²) >= 11 is 0. The molecule has 0 radical (unpaired) electrons. The second kappa shape index (κ2) is 7.23. The Morgan fingerprint density at radius 1 is 1.25 bits per heavy atom. The number of ether oxygens (including phenoxy) is 1. The number of amides is 1. The highest BCUT2D eigenvalue weighted by molar-refractivity contribution is 5.90. The molecule has 0 unspecified atom stereocenters. The summed E-state index contributed by atoms with van der Waals surface area (Å²) in [6.45, 7) is 1.21. The van der Waals surface area contributed by atoms with Crippen molar-refractivity contribution in [1.82, 2.24) is 0 Å². The zero-order valence-electron chi connectivity index (χ0n) is 12.7. The summed E-state index contributed by atoms with van der Waals surface area (Å²) < 4.78 is 5.50. The molecule has 0 aliphatic heterocycles. The fraction of sp³-hybridized carbons (Fsp3) is 0.125. The van der Waals surface area contributed by atoms with Gasteiger partial charge in [-0.25, -0.2) is 4.79 Å². The second-order valence-electron chi connectivity index (χ2n) is 4.90. The van der Waals surface area contributed by atoms with Gasteiger partial charge in [0.05, 0.1) is 10.5 Å². The number of carbonyl (C=O) groups is 2. The molecule has 1 amide bonds. The van der Waals surface area contributed by atoms with Crippen LogP contribution in [0.25, 0.3) is 0 Å². The van der Waals surface area contributed by atoms with Crippen molar-refractivity contribution >= 4 is 23.3 Å². The van der Waals surface area contributed by atoms with Gasteiger partial charge in [-0.15, -0.1) is 0 Å². The summed E-state index contributed by atoms with van der Waals surface area (Å²) in [5, 5.41) is 22.6. The predicted molar refractivity (Wildman–Crippen MR) is 85.1 cm³/mol. The molecule has 0 spiro atoms. The fourth-order valence-corrected chi connectivity index (χ4v) is 2.05. The average molecular weight is 330 g/mol. The Kier molecular flexibility index (Phi) is 5.10. The van der Waals surface area contributed by atoms with E-state index >= 15 is 0 Å². The largest absolute Gasteiger partial charge is 0.489 e. The smallest absolute Gasteiger partial charge is 0.336 e. The number of rotatable bonds is 6. The van der Waals surface area contributed by atoms with E-state index in [1.807, 2.05) is 0 Å². The topological polar surface area (TPSA) is 119 Å². The maximum absolute atomic E-state index is 11.2. The molecule has 0 fully saturated rings. The highest BCUT2D eigenvalue weighted by Crippen LogP contribution is 2.22.